The molecule has 0 saturated heterocycles. The van der Waals surface area contributed by atoms with Crippen LogP contribution < -0.4 is 10.6 Å². The fourth-order valence-corrected chi connectivity index (χ4v) is 2.73. The number of nitrogens with one attached hydrogen (secondary N) is 2. The SMILES string of the molecule is CC(C)c1ccc(NC(=O)c2ccnc(NCCc3ccccc3F)n2)cc1. The van der Waals surface area contributed by atoms with Crippen LogP contribution in [0.4, 0.5) is 16.0 Å². The van der Waals surface area contributed by atoms with Crippen LogP contribution in [0.15, 0.2) is 60.8 Å². The Labute approximate surface area is 164 Å². The Morgan fingerprint density at radius 2 is 1.82 bits per heavy atom. The van der Waals surface area contributed by atoms with Crippen LogP contribution in [0.25, 0.3) is 0 Å². The molecule has 1 heterocycles. The summed E-state index contributed by atoms with van der Waals surface area (Å²) in [5, 5.41) is 5.86. The number of hydrogen-bond acceptors (Lipinski definition) is 4. The summed E-state index contributed by atoms with van der Waals surface area (Å²) in [6.07, 6.45) is 2.02. The van der Waals surface area contributed by atoms with E-state index in [4.69, 9.17) is 0 Å². The lowest BCUT2D eigenvalue weighted by molar-refractivity contribution is 0.102. The second-order valence-corrected chi connectivity index (χ2v) is 6.76. The van der Waals surface area contributed by atoms with Crippen LogP contribution in [0.1, 0.15) is 41.4 Å². The maximum Gasteiger partial charge on any atom is 0.274 e. The highest BCUT2D eigenvalue weighted by molar-refractivity contribution is 6.02. The second-order valence-electron chi connectivity index (χ2n) is 6.76. The van der Waals surface area contributed by atoms with Crippen molar-refractivity contribution in [1.82, 2.24) is 9.97 Å². The van der Waals surface area contributed by atoms with Crippen molar-refractivity contribution in [3.8, 4) is 0 Å². The van der Waals surface area contributed by atoms with E-state index in [0.717, 1.165) is 0 Å². The first kappa shape index (κ1) is 19.5. The molecular weight excluding hydrogens is 355 g/mol. The van der Waals surface area contributed by atoms with E-state index >= 15 is 0 Å². The highest BCUT2D eigenvalue weighted by atomic mass is 19.1. The first-order valence-corrected chi connectivity index (χ1v) is 9.24. The summed E-state index contributed by atoms with van der Waals surface area (Å²) in [6, 6.07) is 15.9. The van der Waals surface area contributed by atoms with Crippen LogP contribution in [-0.2, 0) is 6.42 Å². The predicted molar refractivity (Wildman–Crippen MR) is 109 cm³/mol. The highest BCUT2D eigenvalue weighted by Gasteiger charge is 2.10. The fraction of sp³-hybridized carbons (Fsp3) is 0.227. The maximum absolute atomic E-state index is 13.6. The van der Waals surface area contributed by atoms with Gasteiger partial charge in [-0.15, -0.1) is 0 Å². The largest absolute Gasteiger partial charge is 0.354 e. The summed E-state index contributed by atoms with van der Waals surface area (Å²) in [5.74, 6) is 0.224. The van der Waals surface area contributed by atoms with Gasteiger partial charge in [0.25, 0.3) is 5.91 Å². The third-order valence-corrected chi connectivity index (χ3v) is 4.36. The summed E-state index contributed by atoms with van der Waals surface area (Å²) in [5.41, 5.74) is 2.80. The number of benzene rings is 2. The van der Waals surface area contributed by atoms with Gasteiger partial charge in [-0.25, -0.2) is 14.4 Å². The molecule has 0 spiro atoms. The summed E-state index contributed by atoms with van der Waals surface area (Å²) < 4.78 is 13.6. The Balaban J connectivity index is 1.59. The Hall–Kier alpha value is -3.28. The zero-order valence-corrected chi connectivity index (χ0v) is 15.9. The maximum atomic E-state index is 13.6. The number of aromatic nitrogens is 2. The minimum atomic E-state index is -0.308. The Kier molecular flexibility index (Phi) is 6.32. The van der Waals surface area contributed by atoms with Gasteiger partial charge in [0, 0.05) is 18.4 Å². The van der Waals surface area contributed by atoms with Gasteiger partial charge in [-0.3, -0.25) is 4.79 Å². The fourth-order valence-electron chi connectivity index (χ4n) is 2.73. The number of hydrogen-bond donors (Lipinski definition) is 2. The molecule has 0 aliphatic rings. The zero-order chi connectivity index (χ0) is 19.9. The van der Waals surface area contributed by atoms with Gasteiger partial charge in [0.15, 0.2) is 0 Å². The molecular formula is C22H23FN4O. The molecule has 144 valence electrons. The van der Waals surface area contributed by atoms with Gasteiger partial charge in [0.05, 0.1) is 0 Å². The summed E-state index contributed by atoms with van der Waals surface area (Å²) in [4.78, 5) is 20.8. The van der Waals surface area contributed by atoms with Crippen LogP contribution in [-0.4, -0.2) is 22.4 Å². The molecule has 3 aromatic rings. The molecule has 2 N–H and O–H groups in total. The topological polar surface area (TPSA) is 66.9 Å². The number of nitrogens with zero attached hydrogens (tertiary/aromatic N) is 2. The van der Waals surface area contributed by atoms with Crippen molar-refractivity contribution in [3.05, 3.63) is 83.4 Å². The number of rotatable bonds is 7. The van der Waals surface area contributed by atoms with Gasteiger partial charge < -0.3 is 10.6 Å². The summed E-state index contributed by atoms with van der Waals surface area (Å²) in [6.45, 7) is 4.70. The van der Waals surface area contributed by atoms with Crippen molar-refractivity contribution in [1.29, 1.82) is 0 Å². The number of amides is 1. The van der Waals surface area contributed by atoms with Crippen LogP contribution in [0.3, 0.4) is 0 Å². The van der Waals surface area contributed by atoms with E-state index in [0.29, 0.717) is 36.1 Å². The van der Waals surface area contributed by atoms with Crippen molar-refractivity contribution < 1.29 is 9.18 Å². The summed E-state index contributed by atoms with van der Waals surface area (Å²) >= 11 is 0. The molecule has 6 heteroatoms. The van der Waals surface area contributed by atoms with Gasteiger partial charge >= 0.3 is 0 Å². The Morgan fingerprint density at radius 1 is 1.07 bits per heavy atom. The molecule has 0 radical (unpaired) electrons. The van der Waals surface area contributed by atoms with Crippen LogP contribution in [0.5, 0.6) is 0 Å². The third kappa shape index (κ3) is 5.13. The molecule has 3 rings (SSSR count). The number of halogens is 1. The number of anilines is 2. The van der Waals surface area contributed by atoms with E-state index in [9.17, 15) is 9.18 Å². The Morgan fingerprint density at radius 3 is 2.54 bits per heavy atom. The van der Waals surface area contributed by atoms with E-state index < -0.39 is 0 Å². The molecule has 0 aliphatic heterocycles. The van der Waals surface area contributed by atoms with Crippen molar-refractivity contribution in [3.63, 3.8) is 0 Å². The van der Waals surface area contributed by atoms with Gasteiger partial charge in [-0.05, 0) is 47.7 Å². The second kappa shape index (κ2) is 9.08. The standard InChI is InChI=1S/C22H23FN4O/c1-15(2)16-7-9-18(10-8-16)26-21(28)20-12-14-25-22(27-20)24-13-11-17-5-3-4-6-19(17)23/h3-10,12,14-15H,11,13H2,1-2H3,(H,26,28)(H,24,25,27). The van der Waals surface area contributed by atoms with E-state index in [-0.39, 0.29) is 17.4 Å². The molecule has 0 unspecified atom stereocenters. The van der Waals surface area contributed by atoms with Crippen LogP contribution >= 0.6 is 0 Å². The molecule has 5 nitrogen and oxygen atoms in total. The normalized spacial score (nSPS) is 10.7. The van der Waals surface area contributed by atoms with Crippen molar-refractivity contribution in [2.45, 2.75) is 26.2 Å². The molecule has 0 aliphatic carbocycles. The van der Waals surface area contributed by atoms with E-state index in [1.165, 1.54) is 17.8 Å². The average molecular weight is 378 g/mol. The monoisotopic (exact) mass is 378 g/mol. The predicted octanol–water partition coefficient (Wildman–Crippen LogP) is 4.65. The van der Waals surface area contributed by atoms with Gasteiger partial charge in [0.2, 0.25) is 5.95 Å². The molecule has 1 amide bonds. The minimum Gasteiger partial charge on any atom is -0.354 e. The smallest absolute Gasteiger partial charge is 0.274 e. The molecule has 0 bridgehead atoms. The van der Waals surface area contributed by atoms with Gasteiger partial charge in [0.1, 0.15) is 11.5 Å². The lowest BCUT2D eigenvalue weighted by Gasteiger charge is -2.09. The van der Waals surface area contributed by atoms with Crippen molar-refractivity contribution >= 4 is 17.5 Å². The van der Waals surface area contributed by atoms with Crippen molar-refractivity contribution in [2.75, 3.05) is 17.2 Å². The van der Waals surface area contributed by atoms with Gasteiger partial charge in [-0.2, -0.15) is 0 Å². The molecule has 28 heavy (non-hydrogen) atoms. The Bertz CT molecular complexity index is 941. The summed E-state index contributed by atoms with van der Waals surface area (Å²) in [7, 11) is 0. The lowest BCUT2D eigenvalue weighted by atomic mass is 10.0. The van der Waals surface area contributed by atoms with E-state index in [1.807, 2.05) is 24.3 Å². The molecule has 0 saturated carbocycles. The molecule has 2 aromatic carbocycles. The van der Waals surface area contributed by atoms with Crippen LogP contribution in [0.2, 0.25) is 0 Å². The first-order valence-electron chi connectivity index (χ1n) is 9.24. The van der Waals surface area contributed by atoms with Crippen LogP contribution in [0, 0.1) is 5.82 Å². The van der Waals surface area contributed by atoms with Crippen molar-refractivity contribution in [2.24, 2.45) is 0 Å². The minimum absolute atomic E-state index is 0.234. The van der Waals surface area contributed by atoms with E-state index in [2.05, 4.69) is 34.4 Å². The average Bonchev–Trinajstić information content (AvgIpc) is 2.70. The molecule has 1 aromatic heterocycles. The van der Waals surface area contributed by atoms with Gasteiger partial charge in [-0.1, -0.05) is 44.2 Å². The number of carbonyl (C=O) groups is 1. The zero-order valence-electron chi connectivity index (χ0n) is 15.9. The highest BCUT2D eigenvalue weighted by Crippen LogP contribution is 2.17. The molecule has 0 fully saturated rings. The number of carbonyl (C=O) groups excluding carboxylic acids is 1. The first-order chi connectivity index (χ1) is 13.5. The molecule has 0 atom stereocenters. The third-order valence-electron chi connectivity index (χ3n) is 4.36. The quantitative estimate of drug-likeness (QED) is 0.628. The van der Waals surface area contributed by atoms with E-state index in [1.54, 1.807) is 24.3 Å². The lowest BCUT2D eigenvalue weighted by Crippen LogP contribution is -2.16.